The summed E-state index contributed by atoms with van der Waals surface area (Å²) in [7, 11) is 1.48. The molecule has 0 aliphatic heterocycles. The number of hydrogen-bond donors (Lipinski definition) is 3. The molecule has 2 rings (SSSR count). The molecule has 9 heteroatoms. The molecule has 0 spiro atoms. The Labute approximate surface area is 118 Å². The average molecular weight is 296 g/mol. The summed E-state index contributed by atoms with van der Waals surface area (Å²) in [4.78, 5) is 26.9. The Bertz CT molecular complexity index is 629. The van der Waals surface area contributed by atoms with Crippen LogP contribution in [0.15, 0.2) is 24.5 Å². The number of hydrogen-bond acceptors (Lipinski definition) is 5. The normalized spacial score (nSPS) is 9.90. The third kappa shape index (κ3) is 3.23. The summed E-state index contributed by atoms with van der Waals surface area (Å²) in [5.41, 5.74) is 0.369. The third-order valence-electron chi connectivity index (χ3n) is 2.26. The van der Waals surface area contributed by atoms with E-state index in [0.717, 1.165) is 0 Å². The van der Waals surface area contributed by atoms with Crippen molar-refractivity contribution in [3.8, 4) is 5.75 Å². The van der Waals surface area contributed by atoms with Crippen molar-refractivity contribution in [1.29, 1.82) is 0 Å². The number of nitrogens with zero attached hydrogens (tertiary/aromatic N) is 2. The predicted octanol–water partition coefficient (Wildman–Crippen LogP) is 1.04. The lowest BCUT2D eigenvalue weighted by atomic mass is 10.3. The van der Waals surface area contributed by atoms with Crippen LogP contribution in [0.25, 0.3) is 0 Å². The molecule has 3 N–H and O–H groups in total. The van der Waals surface area contributed by atoms with Gasteiger partial charge in [-0.1, -0.05) is 11.6 Å². The Balaban J connectivity index is 2.00. The molecular formula is C11H10ClN5O3. The first kappa shape index (κ1) is 13.8. The van der Waals surface area contributed by atoms with Gasteiger partial charge in [0.2, 0.25) is 5.95 Å². The zero-order chi connectivity index (χ0) is 14.5. The van der Waals surface area contributed by atoms with Crippen molar-refractivity contribution in [1.82, 2.24) is 15.2 Å². The Morgan fingerprint density at radius 1 is 1.30 bits per heavy atom. The van der Waals surface area contributed by atoms with Crippen LogP contribution in [0.3, 0.4) is 0 Å². The number of carbonyl (C=O) groups excluding carboxylic acids is 2. The number of anilines is 2. The second-order valence-electron chi connectivity index (χ2n) is 3.59. The van der Waals surface area contributed by atoms with Gasteiger partial charge >= 0.3 is 11.8 Å². The number of ether oxygens (including phenoxy) is 1. The maximum Gasteiger partial charge on any atom is 0.316 e. The zero-order valence-electron chi connectivity index (χ0n) is 10.3. The van der Waals surface area contributed by atoms with Crippen LogP contribution >= 0.6 is 11.6 Å². The van der Waals surface area contributed by atoms with Crippen LogP contribution in [0.4, 0.5) is 11.6 Å². The van der Waals surface area contributed by atoms with Crippen LogP contribution in [0.2, 0.25) is 5.02 Å². The summed E-state index contributed by atoms with van der Waals surface area (Å²) in [6.07, 6.45) is 1.21. The quantitative estimate of drug-likeness (QED) is 0.733. The maximum absolute atomic E-state index is 11.6. The number of rotatable bonds is 3. The number of benzene rings is 1. The van der Waals surface area contributed by atoms with Gasteiger partial charge in [-0.25, -0.2) is 5.10 Å². The van der Waals surface area contributed by atoms with E-state index in [1.807, 2.05) is 0 Å². The second kappa shape index (κ2) is 6.02. The van der Waals surface area contributed by atoms with Gasteiger partial charge in [-0.3, -0.25) is 14.9 Å². The molecule has 0 aliphatic carbocycles. The highest BCUT2D eigenvalue weighted by atomic mass is 35.5. The van der Waals surface area contributed by atoms with Crippen LogP contribution in [0.1, 0.15) is 0 Å². The van der Waals surface area contributed by atoms with E-state index in [9.17, 15) is 9.59 Å². The van der Waals surface area contributed by atoms with E-state index in [2.05, 4.69) is 25.8 Å². The average Bonchev–Trinajstić information content (AvgIpc) is 2.91. The second-order valence-corrected chi connectivity index (χ2v) is 4.00. The van der Waals surface area contributed by atoms with Crippen molar-refractivity contribution >= 4 is 35.1 Å². The molecule has 0 saturated carbocycles. The zero-order valence-corrected chi connectivity index (χ0v) is 11.1. The van der Waals surface area contributed by atoms with Gasteiger partial charge in [0.1, 0.15) is 12.1 Å². The topological polar surface area (TPSA) is 109 Å². The van der Waals surface area contributed by atoms with Gasteiger partial charge in [-0.15, -0.1) is 0 Å². The molecule has 0 saturated heterocycles. The van der Waals surface area contributed by atoms with Gasteiger partial charge in [0.05, 0.1) is 12.1 Å². The minimum Gasteiger partial charge on any atom is -0.495 e. The van der Waals surface area contributed by atoms with Gasteiger partial charge in [0.15, 0.2) is 0 Å². The molecule has 1 heterocycles. The highest BCUT2D eigenvalue weighted by Crippen LogP contribution is 2.27. The first-order chi connectivity index (χ1) is 9.60. The van der Waals surface area contributed by atoms with Crippen molar-refractivity contribution in [2.24, 2.45) is 0 Å². The SMILES string of the molecule is COc1ccc(NC(=O)C(=O)Nc2ncn[nH]2)cc1Cl. The number of amides is 2. The Morgan fingerprint density at radius 3 is 2.65 bits per heavy atom. The number of carbonyl (C=O) groups is 2. The molecule has 20 heavy (non-hydrogen) atoms. The van der Waals surface area contributed by atoms with Crippen LogP contribution in [-0.4, -0.2) is 34.1 Å². The van der Waals surface area contributed by atoms with Crippen molar-refractivity contribution in [2.75, 3.05) is 17.7 Å². The summed E-state index contributed by atoms with van der Waals surface area (Å²) in [5.74, 6) is -1.19. The molecule has 0 radical (unpaired) electrons. The molecule has 0 unspecified atom stereocenters. The van der Waals surface area contributed by atoms with Crippen molar-refractivity contribution in [2.45, 2.75) is 0 Å². The number of aromatic amines is 1. The first-order valence-electron chi connectivity index (χ1n) is 5.41. The van der Waals surface area contributed by atoms with Gasteiger partial charge in [0, 0.05) is 5.69 Å². The van der Waals surface area contributed by atoms with Crippen molar-refractivity contribution in [3.63, 3.8) is 0 Å². The molecule has 0 atom stereocenters. The number of halogens is 1. The fourth-order valence-electron chi connectivity index (χ4n) is 1.36. The summed E-state index contributed by atoms with van der Waals surface area (Å²) >= 11 is 5.91. The highest BCUT2D eigenvalue weighted by Gasteiger charge is 2.15. The van der Waals surface area contributed by atoms with Gasteiger partial charge < -0.3 is 10.1 Å². The molecule has 1 aromatic carbocycles. The monoisotopic (exact) mass is 295 g/mol. The van der Waals surface area contributed by atoms with Crippen molar-refractivity contribution < 1.29 is 14.3 Å². The van der Waals surface area contributed by atoms with Crippen LogP contribution < -0.4 is 15.4 Å². The lowest BCUT2D eigenvalue weighted by Gasteiger charge is -2.07. The number of methoxy groups -OCH3 is 1. The van der Waals surface area contributed by atoms with E-state index < -0.39 is 11.8 Å². The van der Waals surface area contributed by atoms with E-state index in [0.29, 0.717) is 16.5 Å². The third-order valence-corrected chi connectivity index (χ3v) is 2.56. The molecule has 0 fully saturated rings. The standard InChI is InChI=1S/C11H10ClN5O3/c1-20-8-3-2-6(4-7(8)12)15-9(18)10(19)16-11-13-5-14-17-11/h2-5H,1H3,(H,15,18)(H2,13,14,16,17,19). The van der Waals surface area contributed by atoms with E-state index in [1.54, 1.807) is 12.1 Å². The lowest BCUT2D eigenvalue weighted by molar-refractivity contribution is -0.133. The van der Waals surface area contributed by atoms with Crippen LogP contribution in [-0.2, 0) is 9.59 Å². The molecule has 1 aromatic heterocycles. The van der Waals surface area contributed by atoms with Gasteiger partial charge in [-0.05, 0) is 18.2 Å². The Morgan fingerprint density at radius 2 is 2.05 bits per heavy atom. The van der Waals surface area contributed by atoms with E-state index in [-0.39, 0.29) is 5.95 Å². The molecular weight excluding hydrogens is 286 g/mol. The summed E-state index contributed by atoms with van der Waals surface area (Å²) in [6, 6.07) is 4.61. The highest BCUT2D eigenvalue weighted by molar-refractivity contribution is 6.43. The molecule has 104 valence electrons. The Hall–Kier alpha value is -2.61. The fraction of sp³-hybridized carbons (Fsp3) is 0.0909. The minimum atomic E-state index is -0.881. The molecule has 0 aliphatic rings. The molecule has 2 aromatic rings. The first-order valence-corrected chi connectivity index (χ1v) is 5.79. The largest absolute Gasteiger partial charge is 0.495 e. The Kier molecular flexibility index (Phi) is 4.16. The van der Waals surface area contributed by atoms with Crippen molar-refractivity contribution in [3.05, 3.63) is 29.5 Å². The number of aromatic nitrogens is 3. The number of H-pyrrole nitrogens is 1. The van der Waals surface area contributed by atoms with Gasteiger partial charge in [0.25, 0.3) is 0 Å². The van der Waals surface area contributed by atoms with E-state index >= 15 is 0 Å². The minimum absolute atomic E-state index is 0.0814. The molecule has 0 bridgehead atoms. The summed E-state index contributed by atoms with van der Waals surface area (Å²) < 4.78 is 4.98. The van der Waals surface area contributed by atoms with Crippen LogP contribution in [0.5, 0.6) is 5.75 Å². The van der Waals surface area contributed by atoms with E-state index in [4.69, 9.17) is 16.3 Å². The maximum atomic E-state index is 11.6. The summed E-state index contributed by atoms with van der Waals surface area (Å²) in [6.45, 7) is 0. The predicted molar refractivity (Wildman–Crippen MR) is 71.6 cm³/mol. The molecule has 8 nitrogen and oxygen atoms in total. The smallest absolute Gasteiger partial charge is 0.316 e. The molecule has 2 amide bonds. The number of nitrogens with one attached hydrogen (secondary N) is 3. The fourth-order valence-corrected chi connectivity index (χ4v) is 1.62. The van der Waals surface area contributed by atoms with E-state index in [1.165, 1.54) is 19.5 Å². The lowest BCUT2D eigenvalue weighted by Crippen LogP contribution is -2.29. The summed E-state index contributed by atoms with van der Waals surface area (Å²) in [5, 5.41) is 10.9. The van der Waals surface area contributed by atoms with Crippen LogP contribution in [0, 0.1) is 0 Å². The van der Waals surface area contributed by atoms with Gasteiger partial charge in [-0.2, -0.15) is 10.1 Å².